The van der Waals surface area contributed by atoms with Crippen LogP contribution in [0.15, 0.2) is 48.7 Å². The van der Waals surface area contributed by atoms with Crippen molar-refractivity contribution in [3.05, 3.63) is 70.9 Å². The van der Waals surface area contributed by atoms with E-state index in [-0.39, 0.29) is 11.9 Å². The van der Waals surface area contributed by atoms with Gasteiger partial charge in [-0.05, 0) is 57.6 Å². The van der Waals surface area contributed by atoms with E-state index in [0.717, 1.165) is 38.9 Å². The average Bonchev–Trinajstić information content (AvgIpc) is 3.15. The fourth-order valence-electron chi connectivity index (χ4n) is 4.28. The van der Waals surface area contributed by atoms with Crippen LogP contribution in [-0.4, -0.2) is 35.1 Å². The maximum absolute atomic E-state index is 13.3. The lowest BCUT2D eigenvalue weighted by atomic mass is 9.81. The number of esters is 1. The summed E-state index contributed by atoms with van der Waals surface area (Å²) < 4.78 is 12.8. The number of thioether (sulfide) groups is 1. The zero-order chi connectivity index (χ0) is 25.0. The number of hydrogen-bond acceptors (Lipinski definition) is 5. The second-order valence-corrected chi connectivity index (χ2v) is 10.5. The van der Waals surface area contributed by atoms with E-state index in [2.05, 4.69) is 12.1 Å². The molecule has 182 valence electrons. The van der Waals surface area contributed by atoms with Crippen molar-refractivity contribution < 1.29 is 19.1 Å². The van der Waals surface area contributed by atoms with Crippen molar-refractivity contribution >= 4 is 34.7 Å². The molecule has 2 atom stereocenters. The molecule has 0 radical (unpaired) electrons. The maximum Gasteiger partial charge on any atom is 0.419 e. The van der Waals surface area contributed by atoms with Crippen LogP contribution in [0.25, 0.3) is 10.9 Å². The Labute approximate surface area is 206 Å². The fourth-order valence-corrected chi connectivity index (χ4v) is 4.82. The Balaban J connectivity index is 2.28. The smallest absolute Gasteiger partial charge is 0.419 e. The minimum absolute atomic E-state index is 0.258. The van der Waals surface area contributed by atoms with Gasteiger partial charge >= 0.3 is 12.1 Å². The van der Waals surface area contributed by atoms with Gasteiger partial charge in [-0.2, -0.15) is 11.8 Å². The minimum Gasteiger partial charge on any atom is -0.466 e. The number of nitrogens with zero attached hydrogens (tertiary/aromatic N) is 1. The Morgan fingerprint density at radius 3 is 2.35 bits per heavy atom. The molecule has 3 aromatic rings. The van der Waals surface area contributed by atoms with Gasteiger partial charge in [-0.1, -0.05) is 55.0 Å². The van der Waals surface area contributed by atoms with Crippen LogP contribution in [0.5, 0.6) is 0 Å². The SMILES string of the molecule is CCOC(=O)C(C)C(c1ccc(C)cc1)c1cn(C(=O)OC(C)(C)C)c2c(CSC)cccc12. The zero-order valence-corrected chi connectivity index (χ0v) is 22.0. The molecule has 0 aliphatic rings. The fraction of sp³-hybridized carbons (Fsp3) is 0.429. The highest BCUT2D eigenvalue weighted by molar-refractivity contribution is 7.97. The van der Waals surface area contributed by atoms with E-state index in [4.69, 9.17) is 9.47 Å². The Bertz CT molecular complexity index is 1160. The van der Waals surface area contributed by atoms with Crippen LogP contribution in [0.2, 0.25) is 0 Å². The molecule has 0 aliphatic carbocycles. The third-order valence-electron chi connectivity index (χ3n) is 5.76. The van der Waals surface area contributed by atoms with Crippen molar-refractivity contribution in [3.8, 4) is 0 Å². The number of hydrogen-bond donors (Lipinski definition) is 0. The average molecular weight is 482 g/mol. The zero-order valence-electron chi connectivity index (χ0n) is 21.2. The number of aryl methyl sites for hydroxylation is 1. The van der Waals surface area contributed by atoms with Crippen molar-refractivity contribution in [3.63, 3.8) is 0 Å². The van der Waals surface area contributed by atoms with Crippen LogP contribution >= 0.6 is 11.8 Å². The van der Waals surface area contributed by atoms with Crippen LogP contribution in [0, 0.1) is 12.8 Å². The molecule has 0 aliphatic heterocycles. The van der Waals surface area contributed by atoms with E-state index in [1.54, 1.807) is 16.3 Å². The molecular formula is C28H35NO4S. The number of fused-ring (bicyclic) bond motifs is 1. The number of benzene rings is 2. The normalized spacial score (nSPS) is 13.5. The van der Waals surface area contributed by atoms with Gasteiger partial charge in [0.15, 0.2) is 0 Å². The first-order valence-electron chi connectivity index (χ1n) is 11.7. The molecule has 1 heterocycles. The minimum atomic E-state index is -0.628. The molecule has 0 saturated heterocycles. The van der Waals surface area contributed by atoms with Gasteiger partial charge < -0.3 is 9.47 Å². The van der Waals surface area contributed by atoms with Gasteiger partial charge in [-0.3, -0.25) is 9.36 Å². The number of carbonyl (C=O) groups excluding carboxylic acids is 2. The van der Waals surface area contributed by atoms with Gasteiger partial charge in [0.05, 0.1) is 18.0 Å². The number of rotatable bonds is 7. The Morgan fingerprint density at radius 2 is 1.76 bits per heavy atom. The van der Waals surface area contributed by atoms with Gasteiger partial charge in [-0.15, -0.1) is 0 Å². The first kappa shape index (κ1) is 25.9. The van der Waals surface area contributed by atoms with Crippen LogP contribution < -0.4 is 0 Å². The van der Waals surface area contributed by atoms with Crippen molar-refractivity contribution in [1.29, 1.82) is 0 Å². The van der Waals surface area contributed by atoms with Gasteiger partial charge in [0.2, 0.25) is 0 Å². The van der Waals surface area contributed by atoms with E-state index in [9.17, 15) is 9.59 Å². The van der Waals surface area contributed by atoms with E-state index in [1.807, 2.05) is 84.3 Å². The summed E-state index contributed by atoms with van der Waals surface area (Å²) in [6, 6.07) is 14.3. The summed E-state index contributed by atoms with van der Waals surface area (Å²) >= 11 is 1.70. The standard InChI is InChI=1S/C28H35NO4S/c1-8-32-26(30)19(3)24(20-14-12-18(2)13-15-20)23-16-29(27(31)33-28(4,5)6)25-21(17-34-7)10-9-11-22(23)25/h9-16,19,24H,8,17H2,1-7H3. The molecule has 2 unspecified atom stereocenters. The summed E-state index contributed by atoms with van der Waals surface area (Å²) in [5.74, 6) is -0.224. The predicted octanol–water partition coefficient (Wildman–Crippen LogP) is 6.93. The highest BCUT2D eigenvalue weighted by atomic mass is 32.2. The molecule has 0 spiro atoms. The molecule has 2 aromatic carbocycles. The number of aromatic nitrogens is 1. The third kappa shape index (κ3) is 5.66. The molecule has 0 amide bonds. The Morgan fingerprint density at radius 1 is 1.09 bits per heavy atom. The molecule has 1 aromatic heterocycles. The lowest BCUT2D eigenvalue weighted by Crippen LogP contribution is -2.27. The van der Waals surface area contributed by atoms with E-state index in [0.29, 0.717) is 6.61 Å². The van der Waals surface area contributed by atoms with Crippen LogP contribution in [0.1, 0.15) is 62.8 Å². The highest BCUT2D eigenvalue weighted by Gasteiger charge is 2.32. The van der Waals surface area contributed by atoms with Gasteiger partial charge in [0, 0.05) is 23.3 Å². The van der Waals surface area contributed by atoms with Crippen LogP contribution in [-0.2, 0) is 20.0 Å². The largest absolute Gasteiger partial charge is 0.466 e. The second kappa shape index (κ2) is 10.7. The van der Waals surface area contributed by atoms with Crippen molar-refractivity contribution in [2.45, 2.75) is 58.8 Å². The summed E-state index contributed by atoms with van der Waals surface area (Å²) in [6.07, 6.45) is 3.46. The summed E-state index contributed by atoms with van der Waals surface area (Å²) in [5, 5.41) is 0.944. The second-order valence-electron chi connectivity index (χ2n) is 9.61. The number of para-hydroxylation sites is 1. The van der Waals surface area contributed by atoms with Crippen molar-refractivity contribution in [2.24, 2.45) is 5.92 Å². The van der Waals surface area contributed by atoms with Crippen LogP contribution in [0.4, 0.5) is 4.79 Å². The molecule has 0 bridgehead atoms. The lowest BCUT2D eigenvalue weighted by molar-refractivity contribution is -0.147. The third-order valence-corrected chi connectivity index (χ3v) is 6.36. The molecule has 0 saturated carbocycles. The van der Waals surface area contributed by atoms with Gasteiger partial charge in [-0.25, -0.2) is 4.79 Å². The first-order chi connectivity index (χ1) is 16.1. The van der Waals surface area contributed by atoms with E-state index < -0.39 is 17.6 Å². The maximum atomic E-state index is 13.3. The molecular weight excluding hydrogens is 446 g/mol. The molecule has 34 heavy (non-hydrogen) atoms. The molecule has 6 heteroatoms. The highest BCUT2D eigenvalue weighted by Crippen LogP contribution is 2.39. The Hall–Kier alpha value is -2.73. The van der Waals surface area contributed by atoms with E-state index >= 15 is 0 Å². The van der Waals surface area contributed by atoms with Crippen LogP contribution in [0.3, 0.4) is 0 Å². The molecule has 0 fully saturated rings. The van der Waals surface area contributed by atoms with Crippen molar-refractivity contribution in [1.82, 2.24) is 4.57 Å². The summed E-state index contributed by atoms with van der Waals surface area (Å²) in [6.45, 7) is 11.6. The quantitative estimate of drug-likeness (QED) is 0.343. The summed E-state index contributed by atoms with van der Waals surface area (Å²) in [5.41, 5.74) is 4.31. The molecule has 0 N–H and O–H groups in total. The number of ether oxygens (including phenoxy) is 2. The Kier molecular flexibility index (Phi) is 8.13. The first-order valence-corrected chi connectivity index (χ1v) is 13.0. The van der Waals surface area contributed by atoms with E-state index in [1.165, 1.54) is 0 Å². The summed E-state index contributed by atoms with van der Waals surface area (Å²) in [7, 11) is 0. The topological polar surface area (TPSA) is 57.5 Å². The summed E-state index contributed by atoms with van der Waals surface area (Å²) in [4.78, 5) is 26.2. The molecule has 5 nitrogen and oxygen atoms in total. The lowest BCUT2D eigenvalue weighted by Gasteiger charge is -2.23. The van der Waals surface area contributed by atoms with Gasteiger partial charge in [0.1, 0.15) is 5.60 Å². The predicted molar refractivity (Wildman–Crippen MR) is 140 cm³/mol. The van der Waals surface area contributed by atoms with Gasteiger partial charge in [0.25, 0.3) is 0 Å². The number of carbonyl (C=O) groups is 2. The monoisotopic (exact) mass is 481 g/mol. The van der Waals surface area contributed by atoms with Crippen molar-refractivity contribution in [2.75, 3.05) is 12.9 Å². The molecule has 3 rings (SSSR count).